The highest BCUT2D eigenvalue weighted by Gasteiger charge is 2.20. The summed E-state index contributed by atoms with van der Waals surface area (Å²) in [7, 11) is 1.58. The van der Waals surface area contributed by atoms with Crippen LogP contribution >= 0.6 is 11.6 Å². The van der Waals surface area contributed by atoms with Crippen LogP contribution < -0.4 is 10.1 Å². The zero-order valence-electron chi connectivity index (χ0n) is 14.1. The molecule has 0 fully saturated rings. The Balaban J connectivity index is 2.20. The lowest BCUT2D eigenvalue weighted by Gasteiger charge is -2.19. The summed E-state index contributed by atoms with van der Waals surface area (Å²) < 4.78 is 10.1. The Hall–Kier alpha value is -2.53. The number of ether oxygens (including phenoxy) is 2. The first-order chi connectivity index (χ1) is 12.0. The predicted molar refractivity (Wildman–Crippen MR) is 95.9 cm³/mol. The van der Waals surface area contributed by atoms with E-state index in [1.54, 1.807) is 62.6 Å². The van der Waals surface area contributed by atoms with Crippen LogP contribution in [0.2, 0.25) is 5.02 Å². The van der Waals surface area contributed by atoms with E-state index in [0.717, 1.165) is 5.56 Å². The summed E-state index contributed by atoms with van der Waals surface area (Å²) in [5.74, 6) is 0.00197. The Morgan fingerprint density at radius 1 is 1.16 bits per heavy atom. The molecule has 1 atom stereocenters. The van der Waals surface area contributed by atoms with Crippen molar-refractivity contribution in [1.29, 1.82) is 0 Å². The van der Waals surface area contributed by atoms with E-state index in [1.165, 1.54) is 0 Å². The van der Waals surface area contributed by atoms with Crippen molar-refractivity contribution in [3.05, 3.63) is 64.7 Å². The number of esters is 1. The van der Waals surface area contributed by atoms with Gasteiger partial charge in [-0.05, 0) is 42.8 Å². The molecule has 0 bridgehead atoms. The first-order valence-corrected chi connectivity index (χ1v) is 8.27. The topological polar surface area (TPSA) is 64.6 Å². The fourth-order valence-corrected chi connectivity index (χ4v) is 2.54. The Labute approximate surface area is 151 Å². The monoisotopic (exact) mass is 361 g/mol. The molecule has 0 radical (unpaired) electrons. The van der Waals surface area contributed by atoms with Gasteiger partial charge < -0.3 is 14.8 Å². The van der Waals surface area contributed by atoms with E-state index in [4.69, 9.17) is 21.1 Å². The zero-order chi connectivity index (χ0) is 18.2. The van der Waals surface area contributed by atoms with Gasteiger partial charge in [0.2, 0.25) is 0 Å². The van der Waals surface area contributed by atoms with Crippen LogP contribution in [0.25, 0.3) is 0 Å². The number of nitrogens with one attached hydrogen (secondary N) is 1. The van der Waals surface area contributed by atoms with Crippen LogP contribution in [0.15, 0.2) is 48.5 Å². The second kappa shape index (κ2) is 9.08. The van der Waals surface area contributed by atoms with Gasteiger partial charge in [-0.1, -0.05) is 29.8 Å². The van der Waals surface area contributed by atoms with E-state index in [-0.39, 0.29) is 24.9 Å². The van der Waals surface area contributed by atoms with Crippen molar-refractivity contribution >= 4 is 23.5 Å². The fraction of sp³-hybridized carbons (Fsp3) is 0.263. The maximum Gasteiger partial charge on any atom is 0.308 e. The smallest absolute Gasteiger partial charge is 0.308 e. The van der Waals surface area contributed by atoms with Crippen LogP contribution in [0.1, 0.15) is 35.3 Å². The fourth-order valence-electron chi connectivity index (χ4n) is 2.35. The number of hydrogen-bond donors (Lipinski definition) is 1. The van der Waals surface area contributed by atoms with Crippen LogP contribution in [0.3, 0.4) is 0 Å². The van der Waals surface area contributed by atoms with Gasteiger partial charge in [-0.3, -0.25) is 9.59 Å². The maximum atomic E-state index is 12.5. The molecule has 2 aromatic rings. The quantitative estimate of drug-likeness (QED) is 0.762. The van der Waals surface area contributed by atoms with Crippen LogP contribution in [-0.4, -0.2) is 25.6 Å². The van der Waals surface area contributed by atoms with Gasteiger partial charge in [0.1, 0.15) is 5.75 Å². The summed E-state index contributed by atoms with van der Waals surface area (Å²) in [6, 6.07) is 13.3. The van der Waals surface area contributed by atoms with Gasteiger partial charge in [0.05, 0.1) is 26.2 Å². The van der Waals surface area contributed by atoms with Crippen molar-refractivity contribution in [2.75, 3.05) is 13.7 Å². The molecule has 0 heterocycles. The lowest BCUT2D eigenvalue weighted by atomic mass is 10.0. The standard InChI is InChI=1S/C19H20ClNO4/c1-3-25-18(22)12-17(13-7-9-16(24-2)10-8-13)21-19(23)14-5-4-6-15(20)11-14/h4-11,17H,3,12H2,1-2H3,(H,21,23)/t17-/m1/s1. The molecule has 0 spiro atoms. The molecule has 2 rings (SSSR count). The Bertz CT molecular complexity index is 730. The highest BCUT2D eigenvalue weighted by atomic mass is 35.5. The van der Waals surface area contributed by atoms with Crippen molar-refractivity contribution in [2.45, 2.75) is 19.4 Å². The normalized spacial score (nSPS) is 11.5. The third-order valence-electron chi connectivity index (χ3n) is 3.59. The molecule has 0 aromatic heterocycles. The summed E-state index contributed by atoms with van der Waals surface area (Å²) in [6.07, 6.45) is 0.0342. The first-order valence-electron chi connectivity index (χ1n) is 7.89. The van der Waals surface area contributed by atoms with E-state index >= 15 is 0 Å². The molecule has 0 saturated heterocycles. The second-order valence-corrected chi connectivity index (χ2v) is 5.76. The average Bonchev–Trinajstić information content (AvgIpc) is 2.61. The number of carbonyl (C=O) groups is 2. The first kappa shape index (κ1) is 18.8. The second-order valence-electron chi connectivity index (χ2n) is 5.32. The molecule has 5 nitrogen and oxygen atoms in total. The number of methoxy groups -OCH3 is 1. The minimum absolute atomic E-state index is 0.0342. The molecule has 0 aliphatic rings. The Morgan fingerprint density at radius 2 is 1.88 bits per heavy atom. The minimum atomic E-state index is -0.517. The predicted octanol–water partition coefficient (Wildman–Crippen LogP) is 3.77. The molecule has 0 saturated carbocycles. The highest BCUT2D eigenvalue weighted by molar-refractivity contribution is 6.30. The lowest BCUT2D eigenvalue weighted by molar-refractivity contribution is -0.143. The van der Waals surface area contributed by atoms with Crippen molar-refractivity contribution in [3.63, 3.8) is 0 Å². The van der Waals surface area contributed by atoms with Gasteiger partial charge in [0.25, 0.3) is 5.91 Å². The summed E-state index contributed by atoms with van der Waals surface area (Å²) in [5.41, 5.74) is 1.21. The van der Waals surface area contributed by atoms with E-state index in [1.807, 2.05) is 0 Å². The van der Waals surface area contributed by atoms with Gasteiger partial charge in [-0.2, -0.15) is 0 Å². The van der Waals surface area contributed by atoms with Crippen LogP contribution in [0.4, 0.5) is 0 Å². The molecule has 0 aliphatic carbocycles. The van der Waals surface area contributed by atoms with Crippen LogP contribution in [0.5, 0.6) is 5.75 Å². The molecule has 0 unspecified atom stereocenters. The zero-order valence-corrected chi connectivity index (χ0v) is 14.9. The molecule has 6 heteroatoms. The van der Waals surface area contributed by atoms with Gasteiger partial charge in [-0.15, -0.1) is 0 Å². The largest absolute Gasteiger partial charge is 0.497 e. The maximum absolute atomic E-state index is 12.5. The van der Waals surface area contributed by atoms with Crippen LogP contribution in [-0.2, 0) is 9.53 Å². The summed E-state index contributed by atoms with van der Waals surface area (Å²) >= 11 is 5.93. The van der Waals surface area contributed by atoms with Crippen molar-refractivity contribution in [2.24, 2.45) is 0 Å². The average molecular weight is 362 g/mol. The van der Waals surface area contributed by atoms with E-state index in [9.17, 15) is 9.59 Å². The number of hydrogen-bond acceptors (Lipinski definition) is 4. The molecule has 1 N–H and O–H groups in total. The summed E-state index contributed by atoms with van der Waals surface area (Å²) in [6.45, 7) is 2.03. The number of amides is 1. The minimum Gasteiger partial charge on any atom is -0.497 e. The molecular formula is C19H20ClNO4. The number of benzene rings is 2. The van der Waals surface area contributed by atoms with Gasteiger partial charge in [0.15, 0.2) is 0 Å². The van der Waals surface area contributed by atoms with Gasteiger partial charge in [-0.25, -0.2) is 0 Å². The van der Waals surface area contributed by atoms with Crippen molar-refractivity contribution < 1.29 is 19.1 Å². The summed E-state index contributed by atoms with van der Waals surface area (Å²) in [5, 5.41) is 3.34. The van der Waals surface area contributed by atoms with Crippen molar-refractivity contribution in [3.8, 4) is 5.75 Å². The summed E-state index contributed by atoms with van der Waals surface area (Å²) in [4.78, 5) is 24.4. The Morgan fingerprint density at radius 3 is 2.48 bits per heavy atom. The van der Waals surface area contributed by atoms with Gasteiger partial charge in [0, 0.05) is 10.6 Å². The third-order valence-corrected chi connectivity index (χ3v) is 3.82. The van der Waals surface area contributed by atoms with Crippen LogP contribution in [0, 0.1) is 0 Å². The van der Waals surface area contributed by atoms with E-state index < -0.39 is 6.04 Å². The third kappa shape index (κ3) is 5.50. The lowest BCUT2D eigenvalue weighted by Crippen LogP contribution is -2.30. The number of halogens is 1. The molecule has 1 amide bonds. The highest BCUT2D eigenvalue weighted by Crippen LogP contribution is 2.22. The molecule has 25 heavy (non-hydrogen) atoms. The number of rotatable bonds is 7. The molecular weight excluding hydrogens is 342 g/mol. The van der Waals surface area contributed by atoms with E-state index in [0.29, 0.717) is 16.3 Å². The Kier molecular flexibility index (Phi) is 6.83. The SMILES string of the molecule is CCOC(=O)C[C@@H](NC(=O)c1cccc(Cl)c1)c1ccc(OC)cc1. The van der Waals surface area contributed by atoms with Gasteiger partial charge >= 0.3 is 5.97 Å². The molecule has 132 valence electrons. The molecule has 2 aromatic carbocycles. The number of carbonyl (C=O) groups excluding carboxylic acids is 2. The molecule has 0 aliphatic heterocycles. The van der Waals surface area contributed by atoms with Crippen molar-refractivity contribution in [1.82, 2.24) is 5.32 Å². The van der Waals surface area contributed by atoms with E-state index in [2.05, 4.69) is 5.32 Å².